The second kappa shape index (κ2) is 5.94. The van der Waals surface area contributed by atoms with Gasteiger partial charge in [-0.2, -0.15) is 5.10 Å². The van der Waals surface area contributed by atoms with E-state index in [-0.39, 0.29) is 0 Å². The Morgan fingerprint density at radius 1 is 1.20 bits per heavy atom. The molecule has 0 radical (unpaired) electrons. The van der Waals surface area contributed by atoms with E-state index in [4.69, 9.17) is 0 Å². The van der Waals surface area contributed by atoms with Gasteiger partial charge in [0.2, 0.25) is 0 Å². The first-order valence-electron chi connectivity index (χ1n) is 6.35. The van der Waals surface area contributed by atoms with E-state index >= 15 is 0 Å². The third-order valence-corrected chi connectivity index (χ3v) is 3.71. The van der Waals surface area contributed by atoms with Crippen LogP contribution in [0.3, 0.4) is 0 Å². The van der Waals surface area contributed by atoms with Crippen LogP contribution >= 0.6 is 11.3 Å². The molecular formula is C14H15N5S. The van der Waals surface area contributed by atoms with Gasteiger partial charge in [0.25, 0.3) is 0 Å². The molecule has 0 aliphatic heterocycles. The number of hydrogen-bond donors (Lipinski definition) is 1. The summed E-state index contributed by atoms with van der Waals surface area (Å²) < 4.78 is 1.84. The first-order valence-corrected chi connectivity index (χ1v) is 7.23. The van der Waals surface area contributed by atoms with Crippen molar-refractivity contribution in [1.82, 2.24) is 25.1 Å². The van der Waals surface area contributed by atoms with Crippen LogP contribution in [-0.4, -0.2) is 19.7 Å². The minimum Gasteiger partial charge on any atom is -0.306 e. The van der Waals surface area contributed by atoms with E-state index in [1.807, 2.05) is 41.6 Å². The Hall–Kier alpha value is -2.05. The molecule has 0 spiro atoms. The lowest BCUT2D eigenvalue weighted by atomic mass is 10.1. The fourth-order valence-electron chi connectivity index (χ4n) is 2.06. The molecule has 0 saturated carbocycles. The first-order chi connectivity index (χ1) is 9.83. The molecule has 0 fully saturated rings. The Kier molecular flexibility index (Phi) is 3.85. The second-order valence-electron chi connectivity index (χ2n) is 4.44. The second-order valence-corrected chi connectivity index (χ2v) is 5.42. The van der Waals surface area contributed by atoms with Gasteiger partial charge in [-0.3, -0.25) is 9.67 Å². The number of pyridine rings is 1. The van der Waals surface area contributed by atoms with Crippen molar-refractivity contribution in [3.8, 4) is 11.3 Å². The maximum absolute atomic E-state index is 4.53. The largest absolute Gasteiger partial charge is 0.306 e. The van der Waals surface area contributed by atoms with Gasteiger partial charge in [-0.1, -0.05) is 0 Å². The van der Waals surface area contributed by atoms with Crippen molar-refractivity contribution in [2.45, 2.75) is 13.1 Å². The SMILES string of the molecule is Cn1cc(CNCc2nccs2)c(-c2ccncc2)n1. The monoisotopic (exact) mass is 285 g/mol. The highest BCUT2D eigenvalue weighted by molar-refractivity contribution is 7.09. The molecule has 0 saturated heterocycles. The van der Waals surface area contributed by atoms with Gasteiger partial charge in [0.15, 0.2) is 0 Å². The average Bonchev–Trinajstić information content (AvgIpc) is 3.10. The van der Waals surface area contributed by atoms with Crippen LogP contribution < -0.4 is 5.32 Å². The predicted molar refractivity (Wildman–Crippen MR) is 79.1 cm³/mol. The molecule has 0 aromatic carbocycles. The fraction of sp³-hybridized carbons (Fsp3) is 0.214. The van der Waals surface area contributed by atoms with E-state index in [0.29, 0.717) is 0 Å². The van der Waals surface area contributed by atoms with E-state index < -0.39 is 0 Å². The number of aryl methyl sites for hydroxylation is 1. The molecule has 0 amide bonds. The highest BCUT2D eigenvalue weighted by atomic mass is 32.1. The van der Waals surface area contributed by atoms with Gasteiger partial charge >= 0.3 is 0 Å². The highest BCUT2D eigenvalue weighted by Crippen LogP contribution is 2.20. The van der Waals surface area contributed by atoms with E-state index in [0.717, 1.165) is 29.4 Å². The van der Waals surface area contributed by atoms with Crippen molar-refractivity contribution in [2.75, 3.05) is 0 Å². The predicted octanol–water partition coefficient (Wildman–Crippen LogP) is 2.23. The molecule has 0 aliphatic rings. The molecule has 3 heterocycles. The van der Waals surface area contributed by atoms with E-state index in [1.54, 1.807) is 23.7 Å². The molecule has 0 aliphatic carbocycles. The highest BCUT2D eigenvalue weighted by Gasteiger charge is 2.09. The molecule has 3 rings (SSSR count). The van der Waals surface area contributed by atoms with Gasteiger partial charge in [-0.25, -0.2) is 4.98 Å². The van der Waals surface area contributed by atoms with Crippen LogP contribution in [0.1, 0.15) is 10.6 Å². The molecule has 20 heavy (non-hydrogen) atoms. The number of nitrogens with one attached hydrogen (secondary N) is 1. The topological polar surface area (TPSA) is 55.6 Å². The first kappa shape index (κ1) is 13.0. The lowest BCUT2D eigenvalue weighted by Gasteiger charge is -2.03. The smallest absolute Gasteiger partial charge is 0.106 e. The van der Waals surface area contributed by atoms with Crippen LogP contribution in [0, 0.1) is 0 Å². The van der Waals surface area contributed by atoms with Crippen molar-refractivity contribution >= 4 is 11.3 Å². The molecule has 0 atom stereocenters. The molecule has 6 heteroatoms. The van der Waals surface area contributed by atoms with E-state index in [2.05, 4.69) is 20.4 Å². The van der Waals surface area contributed by atoms with Crippen LogP contribution in [0.25, 0.3) is 11.3 Å². The van der Waals surface area contributed by atoms with Crippen molar-refractivity contribution in [1.29, 1.82) is 0 Å². The summed E-state index contributed by atoms with van der Waals surface area (Å²) in [6, 6.07) is 3.96. The summed E-state index contributed by atoms with van der Waals surface area (Å²) >= 11 is 1.66. The summed E-state index contributed by atoms with van der Waals surface area (Å²) in [7, 11) is 1.94. The van der Waals surface area contributed by atoms with Gasteiger partial charge in [0, 0.05) is 61.4 Å². The standard InChI is InChI=1S/C14H15N5S/c1-19-10-12(8-16-9-13-17-6-7-20-13)14(18-19)11-2-4-15-5-3-11/h2-7,10,16H,8-9H2,1H3. The van der Waals surface area contributed by atoms with Crippen molar-refractivity contribution in [3.05, 3.63) is 52.9 Å². The van der Waals surface area contributed by atoms with Crippen LogP contribution in [0.15, 0.2) is 42.3 Å². The maximum atomic E-state index is 4.53. The van der Waals surface area contributed by atoms with E-state index in [1.165, 1.54) is 5.56 Å². The van der Waals surface area contributed by atoms with Gasteiger partial charge in [-0.15, -0.1) is 11.3 Å². The Bertz CT molecular complexity index is 660. The zero-order valence-electron chi connectivity index (χ0n) is 11.2. The lowest BCUT2D eigenvalue weighted by Crippen LogP contribution is -2.12. The number of nitrogens with zero attached hydrogens (tertiary/aromatic N) is 4. The van der Waals surface area contributed by atoms with Crippen molar-refractivity contribution in [2.24, 2.45) is 7.05 Å². The molecule has 0 unspecified atom stereocenters. The quantitative estimate of drug-likeness (QED) is 0.781. The van der Waals surface area contributed by atoms with E-state index in [9.17, 15) is 0 Å². The average molecular weight is 285 g/mol. The van der Waals surface area contributed by atoms with Crippen LogP contribution in [-0.2, 0) is 20.1 Å². The van der Waals surface area contributed by atoms with Gasteiger partial charge in [0.05, 0.1) is 5.69 Å². The third-order valence-electron chi connectivity index (χ3n) is 2.93. The summed E-state index contributed by atoms with van der Waals surface area (Å²) in [6.07, 6.45) is 7.45. The van der Waals surface area contributed by atoms with Crippen molar-refractivity contribution < 1.29 is 0 Å². The van der Waals surface area contributed by atoms with Crippen LogP contribution in [0.2, 0.25) is 0 Å². The normalized spacial score (nSPS) is 10.8. The zero-order chi connectivity index (χ0) is 13.8. The number of hydrogen-bond acceptors (Lipinski definition) is 5. The number of rotatable bonds is 5. The number of aromatic nitrogens is 4. The fourth-order valence-corrected chi connectivity index (χ4v) is 2.65. The molecular weight excluding hydrogens is 270 g/mol. The Balaban J connectivity index is 1.73. The molecule has 3 aromatic rings. The Labute approximate surface area is 121 Å². The molecule has 102 valence electrons. The summed E-state index contributed by atoms with van der Waals surface area (Å²) in [5, 5.41) is 11.0. The van der Waals surface area contributed by atoms with Crippen LogP contribution in [0.4, 0.5) is 0 Å². The van der Waals surface area contributed by atoms with Gasteiger partial charge in [0.1, 0.15) is 5.01 Å². The minimum atomic E-state index is 0.769. The molecule has 1 N–H and O–H groups in total. The Morgan fingerprint density at radius 2 is 2.05 bits per heavy atom. The maximum Gasteiger partial charge on any atom is 0.106 e. The molecule has 0 bridgehead atoms. The Morgan fingerprint density at radius 3 is 2.80 bits per heavy atom. The molecule has 5 nitrogen and oxygen atoms in total. The summed E-state index contributed by atoms with van der Waals surface area (Å²) in [5.74, 6) is 0. The van der Waals surface area contributed by atoms with Gasteiger partial charge in [-0.05, 0) is 12.1 Å². The minimum absolute atomic E-state index is 0.769. The lowest BCUT2D eigenvalue weighted by molar-refractivity contribution is 0.689. The van der Waals surface area contributed by atoms with Crippen molar-refractivity contribution in [3.63, 3.8) is 0 Å². The summed E-state index contributed by atoms with van der Waals surface area (Å²) in [6.45, 7) is 1.55. The third kappa shape index (κ3) is 2.92. The van der Waals surface area contributed by atoms with Gasteiger partial charge < -0.3 is 5.32 Å². The van der Waals surface area contributed by atoms with Crippen LogP contribution in [0.5, 0.6) is 0 Å². The summed E-state index contributed by atoms with van der Waals surface area (Å²) in [4.78, 5) is 8.31. The zero-order valence-corrected chi connectivity index (χ0v) is 12.0. The summed E-state index contributed by atoms with van der Waals surface area (Å²) in [5.41, 5.74) is 3.27. The number of thiazole rings is 1. The molecule has 3 aromatic heterocycles.